The van der Waals surface area contributed by atoms with E-state index in [2.05, 4.69) is 9.97 Å². The maximum atomic E-state index is 10.7. The topological polar surface area (TPSA) is 84.0 Å². The molecule has 1 aromatic heterocycles. The number of hydrogen-bond donors (Lipinski definition) is 2. The summed E-state index contributed by atoms with van der Waals surface area (Å²) in [5.41, 5.74) is 1.19. The van der Waals surface area contributed by atoms with E-state index in [9.17, 15) is 10.1 Å². The Morgan fingerprint density at radius 2 is 2.00 bits per heavy atom. The number of ether oxygens (including phenoxy) is 1. The Kier molecular flexibility index (Phi) is 2.16. The summed E-state index contributed by atoms with van der Waals surface area (Å²) in [6, 6.07) is 2.93. The van der Waals surface area contributed by atoms with Crippen molar-refractivity contribution in [3.8, 4) is 5.75 Å². The Labute approximate surface area is 89.0 Å². The third kappa shape index (κ3) is 1.57. The first-order chi connectivity index (χ1) is 7.11. The molecule has 0 bridgehead atoms. The molecule has 2 N–H and O–H groups in total. The van der Waals surface area contributed by atoms with Crippen molar-refractivity contribution in [2.45, 2.75) is 0 Å². The van der Waals surface area contributed by atoms with Crippen LogP contribution in [0.25, 0.3) is 11.0 Å². The average Bonchev–Trinajstić information content (AvgIpc) is 2.54. The third-order valence-corrected chi connectivity index (χ3v) is 2.22. The predicted octanol–water partition coefficient (Wildman–Crippen LogP) is 2.14. The number of benzene rings is 1. The van der Waals surface area contributed by atoms with E-state index in [0.717, 1.165) is 0 Å². The zero-order chi connectivity index (χ0) is 11.0. The number of fused-ring (bicyclic) bond motifs is 1. The van der Waals surface area contributed by atoms with Crippen molar-refractivity contribution in [2.24, 2.45) is 0 Å². The number of imidazole rings is 1. The number of aromatic nitrogens is 2. The molecule has 0 fully saturated rings. The van der Waals surface area contributed by atoms with Gasteiger partial charge in [0.25, 0.3) is 0 Å². The molecule has 0 aliphatic heterocycles. The maximum absolute atomic E-state index is 10.7. The van der Waals surface area contributed by atoms with Crippen molar-refractivity contribution in [3.05, 3.63) is 27.0 Å². The maximum Gasteiger partial charge on any atom is 0.313 e. The highest BCUT2D eigenvalue weighted by molar-refractivity contribution is 7.71. The molecule has 1 heterocycles. The van der Waals surface area contributed by atoms with E-state index in [-0.39, 0.29) is 11.4 Å². The summed E-state index contributed by atoms with van der Waals surface area (Å²) in [4.78, 5) is 15.9. The lowest BCUT2D eigenvalue weighted by atomic mass is 10.2. The van der Waals surface area contributed by atoms with E-state index in [0.29, 0.717) is 15.8 Å². The van der Waals surface area contributed by atoms with Crippen LogP contribution in [0.1, 0.15) is 0 Å². The fraction of sp³-hybridized carbons (Fsp3) is 0.125. The van der Waals surface area contributed by atoms with Gasteiger partial charge in [0.2, 0.25) is 0 Å². The van der Waals surface area contributed by atoms with Crippen molar-refractivity contribution < 1.29 is 9.66 Å². The zero-order valence-electron chi connectivity index (χ0n) is 7.73. The smallest absolute Gasteiger partial charge is 0.313 e. The molecule has 6 nitrogen and oxygen atoms in total. The van der Waals surface area contributed by atoms with Crippen LogP contribution in [0.5, 0.6) is 5.75 Å². The quantitative estimate of drug-likeness (QED) is 0.466. The molecule has 0 amide bonds. The number of nitrogens with one attached hydrogen (secondary N) is 2. The molecule has 0 unspecified atom stereocenters. The Hall–Kier alpha value is -1.89. The number of H-pyrrole nitrogens is 2. The van der Waals surface area contributed by atoms with E-state index < -0.39 is 4.92 Å². The largest absolute Gasteiger partial charge is 0.490 e. The van der Waals surface area contributed by atoms with Crippen LogP contribution in [0.15, 0.2) is 12.1 Å². The van der Waals surface area contributed by atoms with Crippen molar-refractivity contribution >= 4 is 28.9 Å². The highest BCUT2D eigenvalue weighted by Gasteiger charge is 2.16. The normalized spacial score (nSPS) is 10.5. The minimum atomic E-state index is -0.498. The molecular weight excluding hydrogens is 218 g/mol. The van der Waals surface area contributed by atoms with Gasteiger partial charge in [0.05, 0.1) is 23.1 Å². The van der Waals surface area contributed by atoms with Gasteiger partial charge in [0.1, 0.15) is 0 Å². The summed E-state index contributed by atoms with van der Waals surface area (Å²) >= 11 is 4.88. The van der Waals surface area contributed by atoms with Gasteiger partial charge in [-0.15, -0.1) is 0 Å². The fourth-order valence-electron chi connectivity index (χ4n) is 1.36. The molecule has 0 atom stereocenters. The van der Waals surface area contributed by atoms with Crippen LogP contribution in [0, 0.1) is 14.9 Å². The Morgan fingerprint density at radius 3 is 2.53 bits per heavy atom. The van der Waals surface area contributed by atoms with Gasteiger partial charge < -0.3 is 14.7 Å². The second-order valence-electron chi connectivity index (χ2n) is 2.91. The SMILES string of the molecule is COc1cc2[nH]c(=S)[nH]c2cc1[N+](=O)[O-]. The second kappa shape index (κ2) is 3.35. The minimum Gasteiger partial charge on any atom is -0.490 e. The summed E-state index contributed by atoms with van der Waals surface area (Å²) in [5.74, 6) is 0.206. The van der Waals surface area contributed by atoms with Crippen molar-refractivity contribution in [2.75, 3.05) is 7.11 Å². The standard InChI is InChI=1S/C8H7N3O3S/c1-14-7-3-5-4(9-8(15)10-5)2-6(7)11(12)13/h2-3H,1H3,(H2,9,10,15). The van der Waals surface area contributed by atoms with Crippen LogP contribution < -0.4 is 4.74 Å². The monoisotopic (exact) mass is 225 g/mol. The predicted molar refractivity (Wildman–Crippen MR) is 56.7 cm³/mol. The highest BCUT2D eigenvalue weighted by Crippen LogP contribution is 2.30. The van der Waals surface area contributed by atoms with Crippen molar-refractivity contribution in [1.82, 2.24) is 9.97 Å². The zero-order valence-corrected chi connectivity index (χ0v) is 8.55. The summed E-state index contributed by atoms with van der Waals surface area (Å²) in [6.45, 7) is 0. The van der Waals surface area contributed by atoms with E-state index in [4.69, 9.17) is 17.0 Å². The molecule has 78 valence electrons. The molecule has 0 aliphatic rings. The molecule has 2 rings (SSSR count). The molecule has 0 saturated heterocycles. The first kappa shape index (κ1) is 9.66. The highest BCUT2D eigenvalue weighted by atomic mass is 32.1. The van der Waals surface area contributed by atoms with E-state index in [1.54, 1.807) is 6.07 Å². The van der Waals surface area contributed by atoms with Crippen molar-refractivity contribution in [3.63, 3.8) is 0 Å². The minimum absolute atomic E-state index is 0.0877. The number of nitrogens with zero attached hydrogens (tertiary/aromatic N) is 1. The van der Waals surface area contributed by atoms with Crippen LogP contribution >= 0.6 is 12.2 Å². The summed E-state index contributed by atoms with van der Waals surface area (Å²) in [5, 5.41) is 10.7. The Morgan fingerprint density at radius 1 is 1.40 bits per heavy atom. The molecule has 2 aromatic rings. The lowest BCUT2D eigenvalue weighted by Crippen LogP contribution is -1.93. The fourth-order valence-corrected chi connectivity index (χ4v) is 1.58. The molecule has 0 saturated carbocycles. The van der Waals surface area contributed by atoms with Gasteiger partial charge in [-0.25, -0.2) is 0 Å². The lowest BCUT2D eigenvalue weighted by Gasteiger charge is -2.00. The number of rotatable bonds is 2. The van der Waals surface area contributed by atoms with Crippen LogP contribution in [-0.2, 0) is 0 Å². The Bertz CT molecular complexity index is 586. The van der Waals surface area contributed by atoms with Gasteiger partial charge in [0, 0.05) is 12.1 Å². The van der Waals surface area contributed by atoms with E-state index in [1.165, 1.54) is 13.2 Å². The second-order valence-corrected chi connectivity index (χ2v) is 3.31. The number of aromatic amines is 2. The molecular formula is C8H7N3O3S. The first-order valence-corrected chi connectivity index (χ1v) is 4.47. The van der Waals surface area contributed by atoms with Gasteiger partial charge >= 0.3 is 5.69 Å². The molecule has 1 aromatic carbocycles. The molecule has 0 spiro atoms. The average molecular weight is 225 g/mol. The molecule has 15 heavy (non-hydrogen) atoms. The summed E-state index contributed by atoms with van der Waals surface area (Å²) in [6.07, 6.45) is 0. The van der Waals surface area contributed by atoms with E-state index >= 15 is 0 Å². The van der Waals surface area contributed by atoms with Crippen LogP contribution in [0.3, 0.4) is 0 Å². The third-order valence-electron chi connectivity index (χ3n) is 2.01. The van der Waals surface area contributed by atoms with Gasteiger partial charge in [-0.1, -0.05) is 0 Å². The number of methoxy groups -OCH3 is 1. The molecule has 0 radical (unpaired) electrons. The number of hydrogen-bond acceptors (Lipinski definition) is 4. The van der Waals surface area contributed by atoms with E-state index in [1.807, 2.05) is 0 Å². The lowest BCUT2D eigenvalue weighted by molar-refractivity contribution is -0.385. The summed E-state index contributed by atoms with van der Waals surface area (Å²) < 4.78 is 5.34. The van der Waals surface area contributed by atoms with Crippen molar-refractivity contribution in [1.29, 1.82) is 0 Å². The molecule has 7 heteroatoms. The molecule has 0 aliphatic carbocycles. The van der Waals surface area contributed by atoms with Crippen LogP contribution in [0.4, 0.5) is 5.69 Å². The Balaban J connectivity index is 2.79. The van der Waals surface area contributed by atoms with Crippen LogP contribution in [-0.4, -0.2) is 22.0 Å². The van der Waals surface area contributed by atoms with Gasteiger partial charge in [-0.05, 0) is 12.2 Å². The summed E-state index contributed by atoms with van der Waals surface area (Å²) in [7, 11) is 1.38. The van der Waals surface area contributed by atoms with Gasteiger partial charge in [0.15, 0.2) is 10.5 Å². The van der Waals surface area contributed by atoms with Gasteiger partial charge in [-0.2, -0.15) is 0 Å². The number of nitro benzene ring substituents is 1. The first-order valence-electron chi connectivity index (χ1n) is 4.06. The van der Waals surface area contributed by atoms with Gasteiger partial charge in [-0.3, -0.25) is 10.1 Å². The number of nitro groups is 1. The van der Waals surface area contributed by atoms with Crippen LogP contribution in [0.2, 0.25) is 0 Å².